The fourth-order valence-corrected chi connectivity index (χ4v) is 3.48. The highest BCUT2D eigenvalue weighted by molar-refractivity contribution is 6.00. The average Bonchev–Trinajstić information content (AvgIpc) is 2.97. The molecule has 0 saturated carbocycles. The molecule has 158 valence electrons. The Labute approximate surface area is 176 Å². The number of esters is 2. The standard InChI is InChI=1S/C24H27NO5/c1-23(2,3)30-19(26)15-16-24(4)22(28)29-21(18-13-9-6-10-14-18)25(24)20(27)17-11-7-5-8-12-17/h5-14,21H,15-16H2,1-4H3/t21-,24-/m0/s1. The molecular weight excluding hydrogens is 382 g/mol. The molecule has 2 atom stereocenters. The van der Waals surface area contributed by atoms with Gasteiger partial charge in [0.2, 0.25) is 6.23 Å². The number of hydrogen-bond acceptors (Lipinski definition) is 5. The van der Waals surface area contributed by atoms with Crippen LogP contribution in [0.1, 0.15) is 62.7 Å². The van der Waals surface area contributed by atoms with Crippen molar-refractivity contribution in [3.05, 3.63) is 71.8 Å². The fourth-order valence-electron chi connectivity index (χ4n) is 3.48. The quantitative estimate of drug-likeness (QED) is 0.690. The summed E-state index contributed by atoms with van der Waals surface area (Å²) in [6.07, 6.45) is -0.777. The molecule has 0 bridgehead atoms. The van der Waals surface area contributed by atoms with E-state index in [1.165, 1.54) is 4.90 Å². The molecule has 1 aliphatic heterocycles. The monoisotopic (exact) mass is 409 g/mol. The van der Waals surface area contributed by atoms with E-state index in [1.54, 1.807) is 52.0 Å². The molecule has 1 saturated heterocycles. The van der Waals surface area contributed by atoms with E-state index in [0.29, 0.717) is 11.1 Å². The summed E-state index contributed by atoms with van der Waals surface area (Å²) in [6.45, 7) is 7.00. The van der Waals surface area contributed by atoms with Gasteiger partial charge in [0.25, 0.3) is 5.91 Å². The zero-order chi connectivity index (χ0) is 21.9. The molecule has 0 aliphatic carbocycles. The summed E-state index contributed by atoms with van der Waals surface area (Å²) in [5.74, 6) is -1.29. The van der Waals surface area contributed by atoms with Crippen molar-refractivity contribution in [2.24, 2.45) is 0 Å². The predicted molar refractivity (Wildman–Crippen MR) is 111 cm³/mol. The minimum absolute atomic E-state index is 0.0110. The van der Waals surface area contributed by atoms with E-state index < -0.39 is 29.3 Å². The van der Waals surface area contributed by atoms with E-state index in [0.717, 1.165) is 0 Å². The molecule has 0 unspecified atom stereocenters. The molecule has 30 heavy (non-hydrogen) atoms. The van der Waals surface area contributed by atoms with E-state index in [4.69, 9.17) is 9.47 Å². The maximum atomic E-state index is 13.4. The van der Waals surface area contributed by atoms with Crippen LogP contribution in [0.25, 0.3) is 0 Å². The van der Waals surface area contributed by atoms with Gasteiger partial charge in [-0.2, -0.15) is 0 Å². The molecule has 0 spiro atoms. The lowest BCUT2D eigenvalue weighted by molar-refractivity contribution is -0.155. The predicted octanol–water partition coefficient (Wildman–Crippen LogP) is 4.27. The first kappa shape index (κ1) is 21.6. The molecule has 1 amide bonds. The Hall–Kier alpha value is -3.15. The number of cyclic esters (lactones) is 1. The molecule has 1 heterocycles. The van der Waals surface area contributed by atoms with Crippen LogP contribution in [-0.4, -0.2) is 33.9 Å². The van der Waals surface area contributed by atoms with Crippen LogP contribution in [0.5, 0.6) is 0 Å². The highest BCUT2D eigenvalue weighted by atomic mass is 16.6. The Bertz CT molecular complexity index is 920. The van der Waals surface area contributed by atoms with Gasteiger partial charge < -0.3 is 9.47 Å². The Balaban J connectivity index is 1.94. The van der Waals surface area contributed by atoms with Gasteiger partial charge in [-0.1, -0.05) is 48.5 Å². The van der Waals surface area contributed by atoms with Gasteiger partial charge in [0.05, 0.1) is 0 Å². The van der Waals surface area contributed by atoms with Crippen molar-refractivity contribution >= 4 is 17.8 Å². The zero-order valence-electron chi connectivity index (χ0n) is 17.8. The lowest BCUT2D eigenvalue weighted by Gasteiger charge is -2.34. The third kappa shape index (κ3) is 4.53. The van der Waals surface area contributed by atoms with E-state index in [-0.39, 0.29) is 18.7 Å². The lowest BCUT2D eigenvalue weighted by Crippen LogP contribution is -2.50. The maximum Gasteiger partial charge on any atom is 0.334 e. The third-order valence-electron chi connectivity index (χ3n) is 4.98. The van der Waals surface area contributed by atoms with E-state index in [2.05, 4.69) is 0 Å². The first-order chi connectivity index (χ1) is 14.1. The number of rotatable bonds is 5. The van der Waals surface area contributed by atoms with Crippen molar-refractivity contribution in [2.75, 3.05) is 0 Å². The van der Waals surface area contributed by atoms with Crippen LogP contribution in [0, 0.1) is 0 Å². The van der Waals surface area contributed by atoms with Gasteiger partial charge in [-0.15, -0.1) is 0 Å². The van der Waals surface area contributed by atoms with Crippen molar-refractivity contribution in [2.45, 2.75) is 57.9 Å². The van der Waals surface area contributed by atoms with Gasteiger partial charge in [-0.25, -0.2) is 4.79 Å². The number of carbonyl (C=O) groups excluding carboxylic acids is 3. The second-order valence-electron chi connectivity index (χ2n) is 8.57. The molecule has 1 fully saturated rings. The summed E-state index contributed by atoms with van der Waals surface area (Å²) in [7, 11) is 0. The second kappa shape index (κ2) is 8.30. The Morgan fingerprint density at radius 1 is 1.03 bits per heavy atom. The van der Waals surface area contributed by atoms with Crippen molar-refractivity contribution in [1.82, 2.24) is 4.90 Å². The summed E-state index contributed by atoms with van der Waals surface area (Å²) in [5.41, 5.74) is -0.790. The average molecular weight is 409 g/mol. The molecule has 6 nitrogen and oxygen atoms in total. The number of hydrogen-bond donors (Lipinski definition) is 0. The van der Waals surface area contributed by atoms with Crippen LogP contribution >= 0.6 is 0 Å². The van der Waals surface area contributed by atoms with Crippen LogP contribution in [0.2, 0.25) is 0 Å². The molecule has 6 heteroatoms. The van der Waals surface area contributed by atoms with Crippen molar-refractivity contribution in [1.29, 1.82) is 0 Å². The number of carbonyl (C=O) groups is 3. The van der Waals surface area contributed by atoms with E-state index in [1.807, 2.05) is 36.4 Å². The Morgan fingerprint density at radius 2 is 1.60 bits per heavy atom. The van der Waals surface area contributed by atoms with Crippen molar-refractivity contribution in [3.63, 3.8) is 0 Å². The highest BCUT2D eigenvalue weighted by Gasteiger charge is 2.55. The third-order valence-corrected chi connectivity index (χ3v) is 4.98. The number of benzene rings is 2. The SMILES string of the molecule is CC(C)(C)OC(=O)CC[C@@]1(C)C(=O)O[C@@H](c2ccccc2)N1C(=O)c1ccccc1. The van der Waals surface area contributed by atoms with Gasteiger partial charge >= 0.3 is 11.9 Å². The molecule has 3 rings (SSSR count). The molecule has 0 aromatic heterocycles. The molecular formula is C24H27NO5. The first-order valence-electron chi connectivity index (χ1n) is 9.98. The lowest BCUT2D eigenvalue weighted by atomic mass is 9.93. The van der Waals surface area contributed by atoms with Crippen molar-refractivity contribution in [3.8, 4) is 0 Å². The molecule has 2 aromatic rings. The molecule has 0 N–H and O–H groups in total. The molecule has 0 radical (unpaired) electrons. The maximum absolute atomic E-state index is 13.4. The van der Waals surface area contributed by atoms with Gasteiger partial charge in [0.15, 0.2) is 0 Å². The van der Waals surface area contributed by atoms with Crippen LogP contribution < -0.4 is 0 Å². The topological polar surface area (TPSA) is 72.9 Å². The fraction of sp³-hybridized carbons (Fsp3) is 0.375. The highest BCUT2D eigenvalue weighted by Crippen LogP contribution is 2.41. The van der Waals surface area contributed by atoms with Crippen LogP contribution in [0.4, 0.5) is 0 Å². The second-order valence-corrected chi connectivity index (χ2v) is 8.57. The Kier molecular flexibility index (Phi) is 5.97. The van der Waals surface area contributed by atoms with Crippen LogP contribution in [-0.2, 0) is 19.1 Å². The smallest absolute Gasteiger partial charge is 0.334 e. The number of ether oxygens (including phenoxy) is 2. The van der Waals surface area contributed by atoms with E-state index >= 15 is 0 Å². The van der Waals surface area contributed by atoms with Gasteiger partial charge in [-0.3, -0.25) is 14.5 Å². The minimum atomic E-state index is -1.30. The van der Waals surface area contributed by atoms with E-state index in [9.17, 15) is 14.4 Å². The van der Waals surface area contributed by atoms with Gasteiger partial charge in [-0.05, 0) is 46.2 Å². The summed E-state index contributed by atoms with van der Waals surface area (Å²) < 4.78 is 11.0. The zero-order valence-corrected chi connectivity index (χ0v) is 17.8. The largest absolute Gasteiger partial charge is 0.460 e. The molecule has 2 aromatic carbocycles. The number of amides is 1. The minimum Gasteiger partial charge on any atom is -0.460 e. The van der Waals surface area contributed by atoms with Crippen LogP contribution in [0.15, 0.2) is 60.7 Å². The number of nitrogens with zero attached hydrogens (tertiary/aromatic N) is 1. The Morgan fingerprint density at radius 3 is 2.17 bits per heavy atom. The summed E-state index contributed by atoms with van der Waals surface area (Å²) in [6, 6.07) is 17.9. The van der Waals surface area contributed by atoms with Crippen LogP contribution in [0.3, 0.4) is 0 Å². The van der Waals surface area contributed by atoms with Gasteiger partial charge in [0, 0.05) is 17.5 Å². The van der Waals surface area contributed by atoms with Gasteiger partial charge in [0.1, 0.15) is 11.1 Å². The van der Waals surface area contributed by atoms with Crippen molar-refractivity contribution < 1.29 is 23.9 Å². The summed E-state index contributed by atoms with van der Waals surface area (Å²) >= 11 is 0. The summed E-state index contributed by atoms with van der Waals surface area (Å²) in [4.78, 5) is 40.1. The summed E-state index contributed by atoms with van der Waals surface area (Å²) in [5, 5.41) is 0. The first-order valence-corrected chi connectivity index (χ1v) is 9.98. The normalized spacial score (nSPS) is 21.3. The molecule has 1 aliphatic rings.